The van der Waals surface area contributed by atoms with Gasteiger partial charge in [0.2, 0.25) is 0 Å². The minimum atomic E-state index is 0.234. The number of nitrogens with zero attached hydrogens (tertiary/aromatic N) is 2. The van der Waals surface area contributed by atoms with E-state index < -0.39 is 0 Å². The van der Waals surface area contributed by atoms with Crippen molar-refractivity contribution >= 4 is 33.9 Å². The third kappa shape index (κ3) is 2.24. The largest absolute Gasteiger partial charge is 0.308 e. The van der Waals surface area contributed by atoms with Crippen molar-refractivity contribution in [2.45, 2.75) is 6.04 Å². The third-order valence-corrected chi connectivity index (χ3v) is 4.17. The van der Waals surface area contributed by atoms with E-state index in [2.05, 4.69) is 44.5 Å². The van der Waals surface area contributed by atoms with Gasteiger partial charge in [-0.3, -0.25) is 4.68 Å². The summed E-state index contributed by atoms with van der Waals surface area (Å²) in [6.45, 7) is 0. The summed E-state index contributed by atoms with van der Waals surface area (Å²) in [4.78, 5) is 0. The van der Waals surface area contributed by atoms with Gasteiger partial charge in [0.1, 0.15) is 0 Å². The van der Waals surface area contributed by atoms with Crippen molar-refractivity contribution in [1.29, 1.82) is 0 Å². The van der Waals surface area contributed by atoms with Gasteiger partial charge < -0.3 is 5.32 Å². The van der Waals surface area contributed by atoms with Crippen LogP contribution in [0.15, 0.2) is 23.7 Å². The molecule has 1 atom stereocenters. The van der Waals surface area contributed by atoms with Crippen LogP contribution in [0.3, 0.4) is 0 Å². The molecule has 0 saturated carbocycles. The molecule has 0 aliphatic rings. The average molecular weight is 333 g/mol. The van der Waals surface area contributed by atoms with Gasteiger partial charge in [0.15, 0.2) is 0 Å². The molecule has 2 rings (SSSR count). The topological polar surface area (TPSA) is 29.9 Å². The molecule has 0 radical (unpaired) electrons. The number of aryl methyl sites for hydroxylation is 1. The van der Waals surface area contributed by atoms with Crippen LogP contribution >= 0.6 is 33.9 Å². The van der Waals surface area contributed by atoms with E-state index in [9.17, 15) is 0 Å². The predicted molar refractivity (Wildman–Crippen MR) is 71.1 cm³/mol. The standard InChI is InChI=1S/C10H12IN3S/c1-12-10(7-5-9(11)15-6-7)8-3-4-13-14(8)2/h3-6,10,12H,1-2H3. The van der Waals surface area contributed by atoms with E-state index in [0.717, 1.165) is 0 Å². The Morgan fingerprint density at radius 1 is 1.60 bits per heavy atom. The van der Waals surface area contributed by atoms with Crippen molar-refractivity contribution in [2.24, 2.45) is 7.05 Å². The van der Waals surface area contributed by atoms with Gasteiger partial charge in [0.25, 0.3) is 0 Å². The van der Waals surface area contributed by atoms with Crippen LogP contribution in [0.5, 0.6) is 0 Å². The first kappa shape index (κ1) is 11.1. The first-order chi connectivity index (χ1) is 7.22. The van der Waals surface area contributed by atoms with Gasteiger partial charge in [-0.05, 0) is 52.7 Å². The summed E-state index contributed by atoms with van der Waals surface area (Å²) < 4.78 is 3.22. The molecule has 5 heteroatoms. The molecule has 1 N–H and O–H groups in total. The van der Waals surface area contributed by atoms with E-state index in [4.69, 9.17) is 0 Å². The summed E-state index contributed by atoms with van der Waals surface area (Å²) in [6, 6.07) is 4.49. The lowest BCUT2D eigenvalue weighted by Crippen LogP contribution is -2.20. The molecule has 0 aliphatic carbocycles. The molecule has 0 bridgehead atoms. The number of rotatable bonds is 3. The SMILES string of the molecule is CNC(c1csc(I)c1)c1ccnn1C. The van der Waals surface area contributed by atoms with E-state index >= 15 is 0 Å². The molecule has 0 amide bonds. The maximum absolute atomic E-state index is 4.20. The summed E-state index contributed by atoms with van der Waals surface area (Å²) in [5.74, 6) is 0. The average Bonchev–Trinajstić information content (AvgIpc) is 2.79. The van der Waals surface area contributed by atoms with E-state index in [1.54, 1.807) is 11.3 Å². The van der Waals surface area contributed by atoms with Gasteiger partial charge in [0.05, 0.1) is 14.6 Å². The van der Waals surface area contributed by atoms with Crippen molar-refractivity contribution in [2.75, 3.05) is 7.05 Å². The molecule has 0 spiro atoms. The molecule has 0 aromatic carbocycles. The molecule has 1 unspecified atom stereocenters. The second kappa shape index (κ2) is 4.63. The van der Waals surface area contributed by atoms with E-state index in [1.807, 2.05) is 31.0 Å². The van der Waals surface area contributed by atoms with Gasteiger partial charge in [-0.1, -0.05) is 0 Å². The zero-order valence-electron chi connectivity index (χ0n) is 8.57. The number of nitrogens with one attached hydrogen (secondary N) is 1. The van der Waals surface area contributed by atoms with Gasteiger partial charge in [-0.2, -0.15) is 5.10 Å². The smallest absolute Gasteiger partial charge is 0.0754 e. The Morgan fingerprint density at radius 3 is 2.87 bits per heavy atom. The van der Waals surface area contributed by atoms with Crippen LogP contribution in [0.25, 0.3) is 0 Å². The van der Waals surface area contributed by atoms with E-state index in [-0.39, 0.29) is 6.04 Å². The van der Waals surface area contributed by atoms with Crippen molar-refractivity contribution < 1.29 is 0 Å². The van der Waals surface area contributed by atoms with Crippen LogP contribution in [0.4, 0.5) is 0 Å². The fraction of sp³-hybridized carbons (Fsp3) is 0.300. The summed E-state index contributed by atoms with van der Waals surface area (Å²) in [6.07, 6.45) is 1.83. The molecular weight excluding hydrogens is 321 g/mol. The fourth-order valence-corrected chi connectivity index (χ4v) is 3.03. The van der Waals surface area contributed by atoms with Crippen LogP contribution in [0.2, 0.25) is 0 Å². The normalized spacial score (nSPS) is 13.0. The van der Waals surface area contributed by atoms with E-state index in [1.165, 1.54) is 14.1 Å². The Hall–Kier alpha value is -0.400. The van der Waals surface area contributed by atoms with Crippen molar-refractivity contribution in [1.82, 2.24) is 15.1 Å². The Morgan fingerprint density at radius 2 is 2.40 bits per heavy atom. The molecule has 3 nitrogen and oxygen atoms in total. The predicted octanol–water partition coefficient (Wildman–Crippen LogP) is 2.39. The fourth-order valence-electron chi connectivity index (χ4n) is 1.63. The third-order valence-electron chi connectivity index (χ3n) is 2.36. The zero-order valence-corrected chi connectivity index (χ0v) is 11.5. The number of thiophene rings is 1. The second-order valence-corrected chi connectivity index (χ2v) is 6.09. The molecule has 0 saturated heterocycles. The summed E-state index contributed by atoms with van der Waals surface area (Å²) in [5.41, 5.74) is 2.49. The molecule has 2 aromatic heterocycles. The van der Waals surface area contributed by atoms with Crippen molar-refractivity contribution in [3.63, 3.8) is 0 Å². The molecule has 2 aromatic rings. The highest BCUT2D eigenvalue weighted by molar-refractivity contribution is 14.1. The summed E-state index contributed by atoms with van der Waals surface area (Å²) >= 11 is 4.11. The maximum atomic E-state index is 4.20. The van der Waals surface area contributed by atoms with Gasteiger partial charge >= 0.3 is 0 Å². The number of aromatic nitrogens is 2. The Kier molecular flexibility index (Phi) is 3.42. The highest BCUT2D eigenvalue weighted by Crippen LogP contribution is 2.26. The Balaban J connectivity index is 2.36. The maximum Gasteiger partial charge on any atom is 0.0754 e. The van der Waals surface area contributed by atoms with Crippen molar-refractivity contribution in [3.8, 4) is 0 Å². The first-order valence-corrected chi connectivity index (χ1v) is 6.57. The lowest BCUT2D eigenvalue weighted by molar-refractivity contribution is 0.607. The number of hydrogen-bond donors (Lipinski definition) is 1. The molecule has 2 heterocycles. The molecule has 0 aliphatic heterocycles. The van der Waals surface area contributed by atoms with Crippen LogP contribution in [-0.2, 0) is 7.05 Å². The minimum Gasteiger partial charge on any atom is -0.308 e. The highest BCUT2D eigenvalue weighted by Gasteiger charge is 2.16. The zero-order chi connectivity index (χ0) is 10.8. The summed E-state index contributed by atoms with van der Waals surface area (Å²) in [7, 11) is 3.94. The number of halogens is 1. The second-order valence-electron chi connectivity index (χ2n) is 3.29. The molecular formula is C10H12IN3S. The number of hydrogen-bond acceptors (Lipinski definition) is 3. The van der Waals surface area contributed by atoms with Crippen molar-refractivity contribution in [3.05, 3.63) is 37.9 Å². The van der Waals surface area contributed by atoms with E-state index in [0.29, 0.717) is 0 Å². The van der Waals surface area contributed by atoms with Gasteiger partial charge in [0, 0.05) is 13.2 Å². The lowest BCUT2D eigenvalue weighted by Gasteiger charge is -2.14. The Labute approximate surface area is 107 Å². The summed E-state index contributed by atoms with van der Waals surface area (Å²) in [5, 5.41) is 9.70. The van der Waals surface area contributed by atoms with Gasteiger partial charge in [-0.15, -0.1) is 11.3 Å². The quantitative estimate of drug-likeness (QED) is 0.875. The molecule has 0 fully saturated rings. The Bertz CT molecular complexity index is 449. The minimum absolute atomic E-state index is 0.234. The molecule has 80 valence electrons. The monoisotopic (exact) mass is 333 g/mol. The lowest BCUT2D eigenvalue weighted by atomic mass is 10.1. The molecule has 15 heavy (non-hydrogen) atoms. The van der Waals surface area contributed by atoms with Crippen LogP contribution in [0, 0.1) is 2.88 Å². The first-order valence-electron chi connectivity index (χ1n) is 4.61. The van der Waals surface area contributed by atoms with Crippen LogP contribution < -0.4 is 5.32 Å². The van der Waals surface area contributed by atoms with Gasteiger partial charge in [-0.25, -0.2) is 0 Å². The van der Waals surface area contributed by atoms with Crippen LogP contribution in [-0.4, -0.2) is 16.8 Å². The van der Waals surface area contributed by atoms with Crippen LogP contribution in [0.1, 0.15) is 17.3 Å². The highest BCUT2D eigenvalue weighted by atomic mass is 127.